The van der Waals surface area contributed by atoms with E-state index in [1.54, 1.807) is 48.2 Å². The van der Waals surface area contributed by atoms with Crippen molar-refractivity contribution in [1.82, 2.24) is 19.8 Å². The number of hydrogen-bond donors (Lipinski definition) is 1. The molecule has 0 atom stereocenters. The van der Waals surface area contributed by atoms with Crippen molar-refractivity contribution in [2.24, 2.45) is 0 Å². The second-order valence-corrected chi connectivity index (χ2v) is 7.37. The van der Waals surface area contributed by atoms with E-state index in [0.717, 1.165) is 0 Å². The molecule has 1 N–H and O–H groups in total. The lowest BCUT2D eigenvalue weighted by Gasteiger charge is -2.14. The van der Waals surface area contributed by atoms with E-state index >= 15 is 0 Å². The number of rotatable bonds is 10. The van der Waals surface area contributed by atoms with Crippen LogP contribution in [0.15, 0.2) is 36.7 Å². The van der Waals surface area contributed by atoms with Crippen molar-refractivity contribution in [3.05, 3.63) is 59.2 Å². The van der Waals surface area contributed by atoms with Crippen LogP contribution < -0.4 is 0 Å². The summed E-state index contributed by atoms with van der Waals surface area (Å²) in [6.45, 7) is 0.891. The Morgan fingerprint density at radius 2 is 1.20 bits per heavy atom. The summed E-state index contributed by atoms with van der Waals surface area (Å²) >= 11 is 0. The zero-order valence-corrected chi connectivity index (χ0v) is 20.4. The number of likely N-dealkylation sites (N-methyl/N-ethyl adjacent to an activating group) is 2. The minimum absolute atomic E-state index is 0.0792. The van der Waals surface area contributed by atoms with Crippen LogP contribution in [0.1, 0.15) is 32.1 Å². The Kier molecular flexibility index (Phi) is 12.6. The molecule has 0 radical (unpaired) electrons. The topological polar surface area (TPSA) is 148 Å². The molecule has 0 saturated heterocycles. The number of methoxy groups -OCH3 is 3. The number of aromatic nitrogens is 2. The maximum Gasteiger partial charge on any atom is 0.337 e. The summed E-state index contributed by atoms with van der Waals surface area (Å²) in [5.74, 6) is -2.07. The van der Waals surface area contributed by atoms with Gasteiger partial charge in [-0.15, -0.1) is 0 Å². The third-order valence-electron chi connectivity index (χ3n) is 4.37. The molecule has 2 rings (SSSR count). The van der Waals surface area contributed by atoms with Gasteiger partial charge in [-0.3, -0.25) is 29.4 Å². The van der Waals surface area contributed by atoms with Crippen LogP contribution in [-0.2, 0) is 36.9 Å². The summed E-state index contributed by atoms with van der Waals surface area (Å²) in [6, 6.07) is 6.35. The Balaban J connectivity index is 0.000000351. The molecule has 190 valence electrons. The highest BCUT2D eigenvalue weighted by Gasteiger charge is 2.11. The van der Waals surface area contributed by atoms with Crippen molar-refractivity contribution in [3.63, 3.8) is 0 Å². The number of nitrogens with zero attached hydrogens (tertiary/aromatic N) is 4. The fourth-order valence-corrected chi connectivity index (χ4v) is 2.80. The highest BCUT2D eigenvalue weighted by Crippen LogP contribution is 2.07. The number of carboxylic acids is 1. The van der Waals surface area contributed by atoms with E-state index in [-0.39, 0.29) is 19.1 Å². The molecule has 0 aliphatic rings. The molecular formula is C23H30N4O8. The molecule has 12 heteroatoms. The summed E-state index contributed by atoms with van der Waals surface area (Å²) in [5, 5.41) is 8.61. The average Bonchev–Trinajstić information content (AvgIpc) is 2.82. The lowest BCUT2D eigenvalue weighted by molar-refractivity contribution is -0.141. The van der Waals surface area contributed by atoms with Gasteiger partial charge in [-0.2, -0.15) is 0 Å². The standard InChI is InChI=1S/C12H16N2O4.C11H14N2O4/c1-14(8-11(15)17-2)7-10-6-9(4-5-13-10)12(16)18-3;1-13(7-10(14)15)6-9-5-8(3-4-12-9)11(16)17-2/h4-6H,7-8H2,1-3H3;3-5H,6-7H2,1-2H3,(H,14,15). The number of hydrogen-bond acceptors (Lipinski definition) is 11. The van der Waals surface area contributed by atoms with E-state index < -0.39 is 17.9 Å². The van der Waals surface area contributed by atoms with Gasteiger partial charge in [-0.05, 0) is 38.4 Å². The van der Waals surface area contributed by atoms with Crippen molar-refractivity contribution >= 4 is 23.9 Å². The van der Waals surface area contributed by atoms with Crippen molar-refractivity contribution in [1.29, 1.82) is 0 Å². The quantitative estimate of drug-likeness (QED) is 0.372. The van der Waals surface area contributed by atoms with E-state index in [4.69, 9.17) is 5.11 Å². The third kappa shape index (κ3) is 11.2. The number of carbonyl (C=O) groups excluding carboxylic acids is 3. The molecule has 0 bridgehead atoms. The molecule has 0 aliphatic heterocycles. The minimum atomic E-state index is -0.906. The summed E-state index contributed by atoms with van der Waals surface area (Å²) < 4.78 is 13.8. The second-order valence-electron chi connectivity index (χ2n) is 7.37. The first kappa shape index (κ1) is 29.1. The first-order chi connectivity index (χ1) is 16.6. The Morgan fingerprint density at radius 3 is 1.57 bits per heavy atom. The monoisotopic (exact) mass is 490 g/mol. The SMILES string of the molecule is COC(=O)CN(C)Cc1cc(C(=O)OC)ccn1.COC(=O)c1ccnc(CN(C)CC(=O)O)c1. The second kappa shape index (κ2) is 15.1. The largest absolute Gasteiger partial charge is 0.480 e. The molecule has 0 amide bonds. The lowest BCUT2D eigenvalue weighted by atomic mass is 10.2. The summed E-state index contributed by atoms with van der Waals surface area (Å²) in [5.41, 5.74) is 2.15. The number of carbonyl (C=O) groups is 4. The molecular weight excluding hydrogens is 460 g/mol. The van der Waals surface area contributed by atoms with Gasteiger partial charge in [-0.1, -0.05) is 0 Å². The Morgan fingerprint density at radius 1 is 0.771 bits per heavy atom. The highest BCUT2D eigenvalue weighted by atomic mass is 16.5. The van der Waals surface area contributed by atoms with Crippen LogP contribution in [0.4, 0.5) is 0 Å². The van der Waals surface area contributed by atoms with Gasteiger partial charge in [0.2, 0.25) is 0 Å². The van der Waals surface area contributed by atoms with Crippen molar-refractivity contribution in [2.45, 2.75) is 13.1 Å². The molecule has 35 heavy (non-hydrogen) atoms. The lowest BCUT2D eigenvalue weighted by Crippen LogP contribution is -2.26. The number of aliphatic carboxylic acids is 1. The third-order valence-corrected chi connectivity index (χ3v) is 4.37. The Labute approximate surface area is 203 Å². The predicted octanol–water partition coefficient (Wildman–Crippen LogP) is 0.858. The molecule has 0 aliphatic carbocycles. The van der Waals surface area contributed by atoms with Crippen LogP contribution in [0, 0.1) is 0 Å². The molecule has 0 unspecified atom stereocenters. The summed E-state index contributed by atoms with van der Waals surface area (Å²) in [7, 11) is 7.40. The Hall–Kier alpha value is -3.90. The van der Waals surface area contributed by atoms with Gasteiger partial charge in [-0.25, -0.2) is 9.59 Å². The summed E-state index contributed by atoms with van der Waals surface area (Å²) in [4.78, 5) is 55.7. The van der Waals surface area contributed by atoms with Crippen LogP contribution >= 0.6 is 0 Å². The number of esters is 3. The molecule has 2 aromatic heterocycles. The van der Waals surface area contributed by atoms with E-state index in [0.29, 0.717) is 35.6 Å². The van der Waals surface area contributed by atoms with Gasteiger partial charge >= 0.3 is 23.9 Å². The van der Waals surface area contributed by atoms with E-state index in [1.165, 1.54) is 33.7 Å². The zero-order chi connectivity index (χ0) is 26.4. The molecule has 0 fully saturated rings. The first-order valence-corrected chi connectivity index (χ1v) is 10.3. The Bertz CT molecular complexity index is 1010. The maximum absolute atomic E-state index is 11.3. The van der Waals surface area contributed by atoms with Crippen LogP contribution in [-0.4, -0.2) is 97.3 Å². The smallest absolute Gasteiger partial charge is 0.337 e. The van der Waals surface area contributed by atoms with Crippen LogP contribution in [0.25, 0.3) is 0 Å². The fourth-order valence-electron chi connectivity index (χ4n) is 2.80. The predicted molar refractivity (Wildman–Crippen MR) is 123 cm³/mol. The molecule has 2 heterocycles. The zero-order valence-electron chi connectivity index (χ0n) is 20.4. The minimum Gasteiger partial charge on any atom is -0.480 e. The van der Waals surface area contributed by atoms with Crippen molar-refractivity contribution in [2.75, 3.05) is 48.5 Å². The van der Waals surface area contributed by atoms with Gasteiger partial charge in [0.1, 0.15) is 0 Å². The van der Waals surface area contributed by atoms with E-state index in [1.807, 2.05) is 0 Å². The van der Waals surface area contributed by atoms with Gasteiger partial charge in [0.15, 0.2) is 0 Å². The van der Waals surface area contributed by atoms with Gasteiger partial charge < -0.3 is 19.3 Å². The van der Waals surface area contributed by atoms with Crippen LogP contribution in [0.3, 0.4) is 0 Å². The van der Waals surface area contributed by atoms with Gasteiger partial charge in [0.05, 0.1) is 56.9 Å². The molecule has 0 saturated carbocycles. The molecule has 2 aromatic rings. The summed E-state index contributed by atoms with van der Waals surface area (Å²) in [6.07, 6.45) is 3.03. The van der Waals surface area contributed by atoms with E-state index in [9.17, 15) is 19.2 Å². The molecule has 0 spiro atoms. The van der Waals surface area contributed by atoms with Crippen molar-refractivity contribution in [3.8, 4) is 0 Å². The number of ether oxygens (including phenoxy) is 3. The molecule has 0 aromatic carbocycles. The normalized spacial score (nSPS) is 10.3. The highest BCUT2D eigenvalue weighted by molar-refractivity contribution is 5.89. The van der Waals surface area contributed by atoms with Crippen molar-refractivity contribution < 1.29 is 38.5 Å². The molecule has 12 nitrogen and oxygen atoms in total. The first-order valence-electron chi connectivity index (χ1n) is 10.3. The fraction of sp³-hybridized carbons (Fsp3) is 0.391. The van der Waals surface area contributed by atoms with Gasteiger partial charge in [0, 0.05) is 25.5 Å². The van der Waals surface area contributed by atoms with E-state index in [2.05, 4.69) is 24.2 Å². The van der Waals surface area contributed by atoms with Gasteiger partial charge in [0.25, 0.3) is 0 Å². The number of pyridine rings is 2. The van der Waals surface area contributed by atoms with Crippen LogP contribution in [0.2, 0.25) is 0 Å². The average molecular weight is 491 g/mol. The number of carboxylic acid groups (broad SMARTS) is 1. The van der Waals surface area contributed by atoms with Crippen LogP contribution in [0.5, 0.6) is 0 Å². The maximum atomic E-state index is 11.3.